The number of esters is 1. The summed E-state index contributed by atoms with van der Waals surface area (Å²) in [6, 6.07) is 3.85. The highest BCUT2D eigenvalue weighted by Crippen LogP contribution is 2.35. The van der Waals surface area contributed by atoms with Crippen molar-refractivity contribution in [1.29, 1.82) is 0 Å². The summed E-state index contributed by atoms with van der Waals surface area (Å²) in [5.41, 5.74) is 0.240. The van der Waals surface area contributed by atoms with Crippen LogP contribution in [-0.4, -0.2) is 28.8 Å². The van der Waals surface area contributed by atoms with Gasteiger partial charge in [0.15, 0.2) is 0 Å². The van der Waals surface area contributed by atoms with Crippen LogP contribution in [0, 0.1) is 0 Å². The van der Waals surface area contributed by atoms with Gasteiger partial charge in [-0.15, -0.1) is 5.10 Å². The predicted octanol–water partition coefficient (Wildman–Crippen LogP) is 2.11. The topological polar surface area (TPSA) is 64.1 Å². The lowest BCUT2D eigenvalue weighted by Gasteiger charge is -2.25. The van der Waals surface area contributed by atoms with Crippen molar-refractivity contribution in [2.75, 3.05) is 12.4 Å². The Kier molecular flexibility index (Phi) is 3.50. The first-order chi connectivity index (χ1) is 8.53. The van der Waals surface area contributed by atoms with Crippen molar-refractivity contribution in [2.45, 2.75) is 44.6 Å². The second kappa shape index (κ2) is 4.92. The van der Waals surface area contributed by atoms with Gasteiger partial charge in [-0.3, -0.25) is 0 Å². The van der Waals surface area contributed by atoms with Crippen molar-refractivity contribution >= 4 is 11.8 Å². The largest absolute Gasteiger partial charge is 0.467 e. The molecule has 0 bridgehead atoms. The Hall–Kier alpha value is -1.65. The molecule has 0 saturated heterocycles. The number of rotatable bonds is 4. The first-order valence-electron chi connectivity index (χ1n) is 6.23. The molecule has 0 radical (unpaired) electrons. The Bertz CT molecular complexity index is 424. The first kappa shape index (κ1) is 12.8. The van der Waals surface area contributed by atoms with Crippen molar-refractivity contribution in [3.8, 4) is 0 Å². The minimum Gasteiger partial charge on any atom is -0.467 e. The second-order valence-corrected chi connectivity index (χ2v) is 5.21. The number of hydrogen-bond donors (Lipinski definition) is 1. The van der Waals surface area contributed by atoms with E-state index >= 15 is 0 Å². The Balaban J connectivity index is 2.03. The van der Waals surface area contributed by atoms with Crippen molar-refractivity contribution in [2.24, 2.45) is 0 Å². The van der Waals surface area contributed by atoms with Crippen LogP contribution in [0.3, 0.4) is 0 Å². The number of nitrogens with one attached hydrogen (secondary N) is 1. The third kappa shape index (κ3) is 2.60. The summed E-state index contributed by atoms with van der Waals surface area (Å²) in [7, 11) is 1.37. The average molecular weight is 249 g/mol. The fraction of sp³-hybridized carbons (Fsp3) is 0.615. The molecule has 0 amide bonds. The summed E-state index contributed by atoms with van der Waals surface area (Å²) in [6.45, 7) is 3.50. The van der Waals surface area contributed by atoms with Gasteiger partial charge in [-0.2, -0.15) is 5.10 Å². The number of hydrogen-bond acceptors (Lipinski definition) is 5. The molecular formula is C13H19N3O2. The van der Waals surface area contributed by atoms with Crippen LogP contribution < -0.4 is 5.32 Å². The average Bonchev–Trinajstić information content (AvgIpc) is 2.28. The van der Waals surface area contributed by atoms with E-state index in [2.05, 4.69) is 15.5 Å². The van der Waals surface area contributed by atoms with Gasteiger partial charge in [-0.1, -0.05) is 6.42 Å². The van der Waals surface area contributed by atoms with Crippen LogP contribution in [0.25, 0.3) is 0 Å². The molecule has 1 aliphatic carbocycles. The summed E-state index contributed by atoms with van der Waals surface area (Å²) in [4.78, 5) is 11.5. The van der Waals surface area contributed by atoms with E-state index in [9.17, 15) is 4.79 Å². The molecule has 2 rings (SSSR count). The molecule has 0 aromatic carbocycles. The summed E-state index contributed by atoms with van der Waals surface area (Å²) in [5, 5.41) is 11.3. The van der Waals surface area contributed by atoms with E-state index in [1.54, 1.807) is 13.8 Å². The molecule has 0 unspecified atom stereocenters. The van der Waals surface area contributed by atoms with Gasteiger partial charge >= 0.3 is 5.97 Å². The smallest absolute Gasteiger partial charge is 0.330 e. The molecule has 1 fully saturated rings. The van der Waals surface area contributed by atoms with Gasteiger partial charge < -0.3 is 10.1 Å². The molecule has 0 aliphatic heterocycles. The number of aromatic nitrogens is 2. The molecular weight excluding hydrogens is 230 g/mol. The van der Waals surface area contributed by atoms with Gasteiger partial charge in [0, 0.05) is 5.92 Å². The maximum absolute atomic E-state index is 11.5. The molecule has 0 atom stereocenters. The highest BCUT2D eigenvalue weighted by molar-refractivity contribution is 5.82. The maximum atomic E-state index is 11.5. The van der Waals surface area contributed by atoms with Crippen LogP contribution in [0.4, 0.5) is 5.82 Å². The lowest BCUT2D eigenvalue weighted by atomic mass is 9.83. The highest BCUT2D eigenvalue weighted by Gasteiger charge is 2.29. The van der Waals surface area contributed by atoms with Gasteiger partial charge in [0.2, 0.25) is 0 Å². The number of ether oxygens (including phenoxy) is 1. The molecule has 1 saturated carbocycles. The third-order valence-corrected chi connectivity index (χ3v) is 3.34. The monoisotopic (exact) mass is 249 g/mol. The van der Waals surface area contributed by atoms with Gasteiger partial charge in [0.05, 0.1) is 12.8 Å². The normalized spacial score (nSPS) is 15.9. The molecule has 1 aromatic rings. The summed E-state index contributed by atoms with van der Waals surface area (Å²) in [5.74, 6) is 0.834. The Labute approximate surface area is 107 Å². The lowest BCUT2D eigenvalue weighted by Crippen LogP contribution is -2.41. The zero-order chi connectivity index (χ0) is 13.2. The van der Waals surface area contributed by atoms with Crippen LogP contribution in [0.1, 0.15) is 44.7 Å². The van der Waals surface area contributed by atoms with Crippen molar-refractivity contribution in [3.63, 3.8) is 0 Å². The van der Waals surface area contributed by atoms with Gasteiger partial charge in [0.1, 0.15) is 11.4 Å². The zero-order valence-corrected chi connectivity index (χ0v) is 11.1. The van der Waals surface area contributed by atoms with E-state index in [1.165, 1.54) is 26.4 Å². The summed E-state index contributed by atoms with van der Waals surface area (Å²) in [6.07, 6.45) is 3.69. The van der Waals surface area contributed by atoms with E-state index in [0.29, 0.717) is 11.7 Å². The van der Waals surface area contributed by atoms with Gasteiger partial charge in [-0.05, 0) is 38.8 Å². The summed E-state index contributed by atoms with van der Waals surface area (Å²) >= 11 is 0. The molecule has 98 valence electrons. The van der Waals surface area contributed by atoms with E-state index < -0.39 is 5.54 Å². The van der Waals surface area contributed by atoms with Crippen LogP contribution in [-0.2, 0) is 9.53 Å². The molecule has 5 nitrogen and oxygen atoms in total. The molecule has 0 spiro atoms. The van der Waals surface area contributed by atoms with Crippen LogP contribution in [0.2, 0.25) is 0 Å². The Morgan fingerprint density at radius 2 is 2.11 bits per heavy atom. The number of carbonyl (C=O) groups excluding carboxylic acids is 1. The van der Waals surface area contributed by atoms with Crippen molar-refractivity contribution in [3.05, 3.63) is 17.8 Å². The van der Waals surface area contributed by atoms with Crippen molar-refractivity contribution < 1.29 is 9.53 Å². The van der Waals surface area contributed by atoms with Crippen molar-refractivity contribution in [1.82, 2.24) is 10.2 Å². The van der Waals surface area contributed by atoms with E-state index in [-0.39, 0.29) is 5.97 Å². The fourth-order valence-corrected chi connectivity index (χ4v) is 1.96. The van der Waals surface area contributed by atoms with E-state index in [4.69, 9.17) is 4.74 Å². The van der Waals surface area contributed by atoms with Crippen LogP contribution in [0.5, 0.6) is 0 Å². The lowest BCUT2D eigenvalue weighted by molar-refractivity contribution is -0.144. The number of nitrogens with zero attached hydrogens (tertiary/aromatic N) is 2. The summed E-state index contributed by atoms with van der Waals surface area (Å²) < 4.78 is 4.73. The standard InChI is InChI=1S/C13H19N3O2/c1-13(2,12(17)18-3)14-11-8-7-10(15-16-11)9-5-4-6-9/h7-9H,4-6H2,1-3H3,(H,14,16). The van der Waals surface area contributed by atoms with Crippen LogP contribution >= 0.6 is 0 Å². The van der Waals surface area contributed by atoms with E-state index in [0.717, 1.165) is 5.69 Å². The number of anilines is 1. The Morgan fingerprint density at radius 3 is 2.56 bits per heavy atom. The fourth-order valence-electron chi connectivity index (χ4n) is 1.96. The quantitative estimate of drug-likeness (QED) is 0.828. The van der Waals surface area contributed by atoms with Gasteiger partial charge in [-0.25, -0.2) is 4.79 Å². The third-order valence-electron chi connectivity index (χ3n) is 3.34. The SMILES string of the molecule is COC(=O)C(C)(C)Nc1ccc(C2CCC2)nn1. The molecule has 18 heavy (non-hydrogen) atoms. The Morgan fingerprint density at radius 1 is 1.39 bits per heavy atom. The molecule has 1 N–H and O–H groups in total. The second-order valence-electron chi connectivity index (χ2n) is 5.21. The van der Waals surface area contributed by atoms with Crippen LogP contribution in [0.15, 0.2) is 12.1 Å². The number of methoxy groups -OCH3 is 1. The minimum absolute atomic E-state index is 0.327. The first-order valence-corrected chi connectivity index (χ1v) is 6.23. The van der Waals surface area contributed by atoms with Gasteiger partial charge in [0.25, 0.3) is 0 Å². The highest BCUT2D eigenvalue weighted by atomic mass is 16.5. The molecule has 1 heterocycles. The minimum atomic E-state index is -0.804. The molecule has 1 aliphatic rings. The zero-order valence-electron chi connectivity index (χ0n) is 11.1. The molecule has 5 heteroatoms. The van der Waals surface area contributed by atoms with E-state index in [1.807, 2.05) is 12.1 Å². The predicted molar refractivity (Wildman–Crippen MR) is 68.3 cm³/mol. The maximum Gasteiger partial charge on any atom is 0.330 e. The molecule has 1 aromatic heterocycles. The number of carbonyl (C=O) groups is 1.